The minimum atomic E-state index is -1.84. The summed E-state index contributed by atoms with van der Waals surface area (Å²) in [5, 5.41) is 12.2. The van der Waals surface area contributed by atoms with E-state index in [2.05, 4.69) is 15.0 Å². The van der Waals surface area contributed by atoms with Gasteiger partial charge in [0.05, 0.1) is 41.7 Å². The van der Waals surface area contributed by atoms with E-state index >= 15 is 4.39 Å². The summed E-state index contributed by atoms with van der Waals surface area (Å²) in [6, 6.07) is 9.25. The Labute approximate surface area is 258 Å². The number of amides is 2. The number of halogens is 2. The molecule has 1 aliphatic carbocycles. The number of hydrogen-bond acceptors (Lipinski definition) is 7. The number of primary amides is 1. The number of carbonyl (C=O) groups is 2. The maximum Gasteiger partial charge on any atom is 0.257 e. The van der Waals surface area contributed by atoms with Crippen LogP contribution in [0.3, 0.4) is 0 Å². The molecule has 6 rings (SSSR count). The summed E-state index contributed by atoms with van der Waals surface area (Å²) in [5.41, 5.74) is 2.93. The van der Waals surface area contributed by atoms with Crippen LogP contribution in [0.4, 0.5) is 4.39 Å². The highest BCUT2D eigenvalue weighted by atomic mass is 35.5. The largest absolute Gasteiger partial charge is 0.379 e. The van der Waals surface area contributed by atoms with Gasteiger partial charge >= 0.3 is 0 Å². The first-order chi connectivity index (χ1) is 20.9. The first kappa shape index (κ1) is 29.9. The van der Waals surface area contributed by atoms with Crippen LogP contribution in [0.25, 0.3) is 0 Å². The number of nitrogens with zero attached hydrogens (tertiary/aromatic N) is 5. The van der Waals surface area contributed by atoms with Gasteiger partial charge in [0, 0.05) is 36.2 Å². The van der Waals surface area contributed by atoms with Gasteiger partial charge in [0.25, 0.3) is 5.91 Å². The zero-order chi connectivity index (χ0) is 31.4. The van der Waals surface area contributed by atoms with Crippen LogP contribution in [-0.2, 0) is 34.4 Å². The molecule has 1 unspecified atom stereocenters. The average Bonchev–Trinajstić information content (AvgIpc) is 3.62. The summed E-state index contributed by atoms with van der Waals surface area (Å²) in [5.74, 6) is -1.57. The Kier molecular flexibility index (Phi) is 7.30. The summed E-state index contributed by atoms with van der Waals surface area (Å²) in [7, 11) is 1.76. The monoisotopic (exact) mass is 618 g/mol. The van der Waals surface area contributed by atoms with Crippen molar-refractivity contribution in [2.24, 2.45) is 18.2 Å². The summed E-state index contributed by atoms with van der Waals surface area (Å²) >= 11 is 6.24. The number of ether oxygens (including phenoxy) is 1. The minimum Gasteiger partial charge on any atom is -0.379 e. The molecule has 44 heavy (non-hydrogen) atoms. The fraction of sp³-hybridized carbons (Fsp3) is 0.344. The van der Waals surface area contributed by atoms with E-state index < -0.39 is 34.4 Å². The lowest BCUT2D eigenvalue weighted by atomic mass is 9.84. The summed E-state index contributed by atoms with van der Waals surface area (Å²) in [6.07, 6.45) is 7.63. The van der Waals surface area contributed by atoms with Gasteiger partial charge in [-0.15, -0.1) is 0 Å². The standard InChI is InChI=1S/C32H32ClFN6O4/c1-4-31(43,25-15-39(3)18-38-25)21-11-23-27(24(34)12-21)32(20-5-7-22(33)8-6-20,44-17-30(9-10-30)29(35)42)40(28(23)41)16-26-36-13-19(2)14-37-26/h5-8,11-15,18,43H,4,9-10,16-17H2,1-3H3,(H2,35,42)/t31?,32-/m1/s1. The number of carbonyl (C=O) groups excluding carboxylic acids is 2. The third kappa shape index (κ3) is 4.75. The molecule has 1 aliphatic heterocycles. The van der Waals surface area contributed by atoms with Crippen molar-refractivity contribution in [3.63, 3.8) is 0 Å². The Bertz CT molecular complexity index is 1760. The van der Waals surface area contributed by atoms with Crippen molar-refractivity contribution >= 4 is 23.4 Å². The minimum absolute atomic E-state index is 0.00575. The molecule has 3 heterocycles. The molecule has 3 N–H and O–H groups in total. The van der Waals surface area contributed by atoms with Gasteiger partial charge in [0.1, 0.15) is 17.2 Å². The summed E-state index contributed by atoms with van der Waals surface area (Å²) in [6.45, 7) is 3.29. The zero-order valence-corrected chi connectivity index (χ0v) is 25.3. The topological polar surface area (TPSA) is 136 Å². The quantitative estimate of drug-likeness (QED) is 0.273. The number of aryl methyl sites for hydroxylation is 2. The highest BCUT2D eigenvalue weighted by Crippen LogP contribution is 2.52. The lowest BCUT2D eigenvalue weighted by Crippen LogP contribution is -2.48. The van der Waals surface area contributed by atoms with Crippen LogP contribution in [0.15, 0.2) is 61.3 Å². The van der Waals surface area contributed by atoms with Crippen LogP contribution in [0.2, 0.25) is 5.02 Å². The Hall–Kier alpha value is -4.19. The van der Waals surface area contributed by atoms with Gasteiger partial charge in [-0.25, -0.2) is 19.3 Å². The number of aromatic nitrogens is 4. The Balaban J connectivity index is 1.58. The second-order valence-corrected chi connectivity index (χ2v) is 12.1. The van der Waals surface area contributed by atoms with E-state index in [1.165, 1.54) is 17.0 Å². The summed E-state index contributed by atoms with van der Waals surface area (Å²) in [4.78, 5) is 41.3. The molecule has 2 amide bonds. The second kappa shape index (κ2) is 10.8. The number of fused-ring (bicyclic) bond motifs is 1. The van der Waals surface area contributed by atoms with E-state index in [4.69, 9.17) is 22.1 Å². The molecule has 4 aromatic rings. The van der Waals surface area contributed by atoms with Gasteiger partial charge < -0.3 is 20.1 Å². The van der Waals surface area contributed by atoms with E-state index in [1.54, 1.807) is 67.7 Å². The third-order valence-corrected chi connectivity index (χ3v) is 8.96. The summed E-state index contributed by atoms with van der Waals surface area (Å²) < 4.78 is 25.1. The predicted molar refractivity (Wildman–Crippen MR) is 159 cm³/mol. The predicted octanol–water partition coefficient (Wildman–Crippen LogP) is 4.10. The Morgan fingerprint density at radius 1 is 1.18 bits per heavy atom. The molecule has 1 saturated carbocycles. The average molecular weight is 619 g/mol. The molecule has 0 radical (unpaired) electrons. The van der Waals surface area contributed by atoms with Crippen LogP contribution in [0.5, 0.6) is 0 Å². The first-order valence-electron chi connectivity index (χ1n) is 14.3. The molecule has 0 saturated heterocycles. The first-order valence-corrected chi connectivity index (χ1v) is 14.7. The van der Waals surface area contributed by atoms with E-state index in [9.17, 15) is 14.7 Å². The maximum atomic E-state index is 16.8. The smallest absolute Gasteiger partial charge is 0.257 e. The molecular weight excluding hydrogens is 587 g/mol. The molecule has 0 spiro atoms. The molecule has 2 aromatic heterocycles. The molecule has 228 valence electrons. The maximum absolute atomic E-state index is 16.8. The third-order valence-electron chi connectivity index (χ3n) is 8.71. The number of aliphatic hydroxyl groups is 1. The van der Waals surface area contributed by atoms with E-state index in [0.717, 1.165) is 5.56 Å². The van der Waals surface area contributed by atoms with Crippen molar-refractivity contribution in [1.82, 2.24) is 24.4 Å². The van der Waals surface area contributed by atoms with Crippen molar-refractivity contribution in [3.8, 4) is 0 Å². The highest BCUT2D eigenvalue weighted by molar-refractivity contribution is 6.30. The van der Waals surface area contributed by atoms with E-state index in [-0.39, 0.29) is 36.3 Å². The number of hydrogen-bond donors (Lipinski definition) is 2. The van der Waals surface area contributed by atoms with Crippen molar-refractivity contribution in [3.05, 3.63) is 111 Å². The molecule has 0 bridgehead atoms. The number of nitrogens with two attached hydrogens (primary N) is 1. The zero-order valence-electron chi connectivity index (χ0n) is 24.6. The number of rotatable bonds is 10. The number of benzene rings is 2. The lowest BCUT2D eigenvalue weighted by molar-refractivity contribution is -0.142. The molecule has 1 fully saturated rings. The van der Waals surface area contributed by atoms with Crippen molar-refractivity contribution in [1.29, 1.82) is 0 Å². The highest BCUT2D eigenvalue weighted by Gasteiger charge is 2.58. The van der Waals surface area contributed by atoms with Crippen LogP contribution in [-0.4, -0.2) is 47.9 Å². The molecule has 10 nitrogen and oxygen atoms in total. The van der Waals surface area contributed by atoms with Crippen LogP contribution in [0, 0.1) is 18.2 Å². The van der Waals surface area contributed by atoms with Crippen LogP contribution >= 0.6 is 11.6 Å². The Morgan fingerprint density at radius 2 is 1.86 bits per heavy atom. The van der Waals surface area contributed by atoms with Gasteiger partial charge in [-0.1, -0.05) is 30.7 Å². The van der Waals surface area contributed by atoms with Crippen molar-refractivity contribution in [2.45, 2.75) is 51.0 Å². The van der Waals surface area contributed by atoms with Gasteiger partial charge in [0.2, 0.25) is 5.91 Å². The van der Waals surface area contributed by atoms with Crippen molar-refractivity contribution < 1.29 is 23.8 Å². The lowest BCUT2D eigenvalue weighted by Gasteiger charge is -2.40. The van der Waals surface area contributed by atoms with E-state index in [0.29, 0.717) is 34.9 Å². The molecule has 2 aliphatic rings. The normalized spacial score (nSPS) is 20.0. The fourth-order valence-corrected chi connectivity index (χ4v) is 5.96. The van der Waals surface area contributed by atoms with Crippen LogP contribution < -0.4 is 5.73 Å². The van der Waals surface area contributed by atoms with Crippen LogP contribution in [0.1, 0.15) is 70.3 Å². The molecule has 12 heteroatoms. The van der Waals surface area contributed by atoms with Gasteiger partial charge in [-0.3, -0.25) is 14.5 Å². The number of imidazole rings is 1. The van der Waals surface area contributed by atoms with Crippen molar-refractivity contribution in [2.75, 3.05) is 6.61 Å². The van der Waals surface area contributed by atoms with E-state index in [1.807, 2.05) is 6.92 Å². The van der Waals surface area contributed by atoms with Gasteiger partial charge in [0.15, 0.2) is 5.72 Å². The Morgan fingerprint density at radius 3 is 2.43 bits per heavy atom. The second-order valence-electron chi connectivity index (χ2n) is 11.7. The molecular formula is C32H32ClFN6O4. The fourth-order valence-electron chi connectivity index (χ4n) is 5.83. The van der Waals surface area contributed by atoms with Gasteiger partial charge in [-0.2, -0.15) is 0 Å². The molecule has 2 aromatic carbocycles. The van der Waals surface area contributed by atoms with Gasteiger partial charge in [-0.05, 0) is 61.6 Å². The molecule has 2 atom stereocenters. The SMILES string of the molecule is CCC(O)(c1cc(F)c2c(c1)C(=O)N(Cc1ncc(C)cn1)[C@@]2(OCC1(C(N)=O)CC1)c1ccc(Cl)cc1)c1cn(C)cn1.